The van der Waals surface area contributed by atoms with Crippen LogP contribution in [0.15, 0.2) is 36.4 Å². The van der Waals surface area contributed by atoms with Crippen LogP contribution in [0.3, 0.4) is 0 Å². The Hall–Kier alpha value is -2.36. The van der Waals surface area contributed by atoms with Gasteiger partial charge in [-0.2, -0.15) is 0 Å². The maximum absolute atomic E-state index is 13.7. The molecule has 0 radical (unpaired) electrons. The van der Waals surface area contributed by atoms with Gasteiger partial charge in [-0.1, -0.05) is 12.1 Å². The first-order valence-corrected chi connectivity index (χ1v) is 5.91. The summed E-state index contributed by atoms with van der Waals surface area (Å²) in [5.41, 5.74) is 8.36. The second-order valence-corrected chi connectivity index (χ2v) is 4.46. The number of halogens is 1. The molecular formula is C15H15FN2O. The van der Waals surface area contributed by atoms with Crippen molar-refractivity contribution in [3.8, 4) is 0 Å². The van der Waals surface area contributed by atoms with E-state index in [9.17, 15) is 9.18 Å². The van der Waals surface area contributed by atoms with Crippen molar-refractivity contribution in [1.82, 2.24) is 0 Å². The number of anilines is 2. The number of amides is 1. The molecule has 0 saturated heterocycles. The molecule has 0 bridgehead atoms. The van der Waals surface area contributed by atoms with E-state index < -0.39 is 5.82 Å². The molecule has 98 valence electrons. The number of aryl methyl sites for hydroxylation is 2. The van der Waals surface area contributed by atoms with Crippen LogP contribution in [0.25, 0.3) is 0 Å². The van der Waals surface area contributed by atoms with Crippen LogP contribution in [-0.2, 0) is 0 Å². The van der Waals surface area contributed by atoms with Crippen molar-refractivity contribution in [2.75, 3.05) is 11.1 Å². The van der Waals surface area contributed by atoms with Gasteiger partial charge in [0.2, 0.25) is 0 Å². The van der Waals surface area contributed by atoms with Gasteiger partial charge in [-0.3, -0.25) is 4.79 Å². The van der Waals surface area contributed by atoms with Gasteiger partial charge in [0.05, 0.1) is 5.69 Å². The Labute approximate surface area is 111 Å². The van der Waals surface area contributed by atoms with Crippen molar-refractivity contribution in [3.63, 3.8) is 0 Å². The number of rotatable bonds is 2. The monoisotopic (exact) mass is 258 g/mol. The SMILES string of the molecule is Cc1cc(N)ccc1C(=O)Nc1c(C)cccc1F. The van der Waals surface area contributed by atoms with Crippen LogP contribution in [0.4, 0.5) is 15.8 Å². The number of nitrogens with two attached hydrogens (primary N) is 1. The fourth-order valence-corrected chi connectivity index (χ4v) is 1.91. The number of hydrogen-bond acceptors (Lipinski definition) is 2. The summed E-state index contributed by atoms with van der Waals surface area (Å²) in [6.45, 7) is 3.54. The zero-order chi connectivity index (χ0) is 14.0. The normalized spacial score (nSPS) is 10.3. The highest BCUT2D eigenvalue weighted by Gasteiger charge is 2.13. The van der Waals surface area contributed by atoms with Gasteiger partial charge in [-0.25, -0.2) is 4.39 Å². The third-order valence-electron chi connectivity index (χ3n) is 2.96. The highest BCUT2D eigenvalue weighted by molar-refractivity contribution is 6.05. The molecule has 0 aliphatic heterocycles. The molecule has 2 rings (SSSR count). The summed E-state index contributed by atoms with van der Waals surface area (Å²) in [6.07, 6.45) is 0. The zero-order valence-electron chi connectivity index (χ0n) is 10.8. The van der Waals surface area contributed by atoms with Crippen LogP contribution in [-0.4, -0.2) is 5.91 Å². The Morgan fingerprint density at radius 3 is 2.53 bits per heavy atom. The van der Waals surface area contributed by atoms with Crippen molar-refractivity contribution in [1.29, 1.82) is 0 Å². The van der Waals surface area contributed by atoms with Gasteiger partial charge in [0.1, 0.15) is 5.82 Å². The van der Waals surface area contributed by atoms with Gasteiger partial charge in [-0.05, 0) is 49.2 Å². The first kappa shape index (κ1) is 13.1. The van der Waals surface area contributed by atoms with Crippen LogP contribution in [0.5, 0.6) is 0 Å². The molecule has 0 aliphatic carbocycles. The minimum Gasteiger partial charge on any atom is -0.399 e. The summed E-state index contributed by atoms with van der Waals surface area (Å²) in [4.78, 5) is 12.1. The van der Waals surface area contributed by atoms with Gasteiger partial charge < -0.3 is 11.1 Å². The number of nitrogens with one attached hydrogen (secondary N) is 1. The third kappa shape index (κ3) is 2.73. The largest absolute Gasteiger partial charge is 0.399 e. The molecule has 0 aromatic heterocycles. The van der Waals surface area contributed by atoms with Crippen molar-refractivity contribution in [2.45, 2.75) is 13.8 Å². The van der Waals surface area contributed by atoms with Crippen molar-refractivity contribution >= 4 is 17.3 Å². The first-order valence-electron chi connectivity index (χ1n) is 5.91. The maximum atomic E-state index is 13.7. The molecule has 4 heteroatoms. The molecule has 0 fully saturated rings. The highest BCUT2D eigenvalue weighted by atomic mass is 19.1. The Balaban J connectivity index is 2.31. The van der Waals surface area contributed by atoms with E-state index in [1.165, 1.54) is 6.07 Å². The molecule has 1 amide bonds. The lowest BCUT2D eigenvalue weighted by molar-refractivity contribution is 0.102. The fraction of sp³-hybridized carbons (Fsp3) is 0.133. The maximum Gasteiger partial charge on any atom is 0.256 e. The van der Waals surface area contributed by atoms with Gasteiger partial charge in [0.25, 0.3) is 5.91 Å². The highest BCUT2D eigenvalue weighted by Crippen LogP contribution is 2.21. The number of nitrogen functional groups attached to an aromatic ring is 1. The van der Waals surface area contributed by atoms with Crippen molar-refractivity contribution in [2.24, 2.45) is 0 Å². The van der Waals surface area contributed by atoms with E-state index in [0.29, 0.717) is 16.8 Å². The average Bonchev–Trinajstić information content (AvgIpc) is 2.33. The van der Waals surface area contributed by atoms with Crippen LogP contribution in [0, 0.1) is 19.7 Å². The Kier molecular flexibility index (Phi) is 3.51. The second kappa shape index (κ2) is 5.10. The molecule has 2 aromatic rings. The number of carbonyl (C=O) groups is 1. The molecule has 19 heavy (non-hydrogen) atoms. The lowest BCUT2D eigenvalue weighted by atomic mass is 10.1. The van der Waals surface area contributed by atoms with E-state index in [2.05, 4.69) is 5.32 Å². The summed E-state index contributed by atoms with van der Waals surface area (Å²) in [6, 6.07) is 9.66. The average molecular weight is 258 g/mol. The van der Waals surface area contributed by atoms with Crippen molar-refractivity contribution in [3.05, 3.63) is 58.9 Å². The molecule has 0 unspecified atom stereocenters. The summed E-state index contributed by atoms with van der Waals surface area (Å²) < 4.78 is 13.7. The molecule has 0 aliphatic rings. The number of hydrogen-bond donors (Lipinski definition) is 2. The summed E-state index contributed by atoms with van der Waals surface area (Å²) in [5, 5.41) is 2.60. The summed E-state index contributed by atoms with van der Waals surface area (Å²) in [5.74, 6) is -0.785. The van der Waals surface area contributed by atoms with Gasteiger partial charge in [-0.15, -0.1) is 0 Å². The summed E-state index contributed by atoms with van der Waals surface area (Å²) >= 11 is 0. The molecule has 3 nitrogen and oxygen atoms in total. The quantitative estimate of drug-likeness (QED) is 0.812. The molecule has 2 aromatic carbocycles. The Bertz CT molecular complexity index is 618. The predicted octanol–water partition coefficient (Wildman–Crippen LogP) is 3.28. The van der Waals surface area contributed by atoms with Gasteiger partial charge in [0, 0.05) is 11.3 Å². The van der Waals surface area contributed by atoms with Crippen LogP contribution < -0.4 is 11.1 Å². The second-order valence-electron chi connectivity index (χ2n) is 4.46. The van der Waals surface area contributed by atoms with E-state index >= 15 is 0 Å². The van der Waals surface area contributed by atoms with E-state index in [4.69, 9.17) is 5.73 Å². The molecule has 0 spiro atoms. The minimum atomic E-state index is -0.443. The van der Waals surface area contributed by atoms with E-state index in [1.54, 1.807) is 44.2 Å². The molecule has 0 atom stereocenters. The predicted molar refractivity (Wildman–Crippen MR) is 74.7 cm³/mol. The van der Waals surface area contributed by atoms with Gasteiger partial charge in [0.15, 0.2) is 0 Å². The zero-order valence-corrected chi connectivity index (χ0v) is 10.8. The van der Waals surface area contributed by atoms with Crippen LogP contribution in [0.1, 0.15) is 21.5 Å². The van der Waals surface area contributed by atoms with Gasteiger partial charge >= 0.3 is 0 Å². The molecule has 3 N–H and O–H groups in total. The topological polar surface area (TPSA) is 55.1 Å². The van der Waals surface area contributed by atoms with E-state index in [0.717, 1.165) is 5.56 Å². The number of para-hydroxylation sites is 1. The standard InChI is InChI=1S/C15H15FN2O/c1-9-4-3-5-13(16)14(9)18-15(19)12-7-6-11(17)8-10(12)2/h3-8H,17H2,1-2H3,(H,18,19). The first-order chi connectivity index (χ1) is 8.99. The lowest BCUT2D eigenvalue weighted by Crippen LogP contribution is -2.15. The molecular weight excluding hydrogens is 243 g/mol. The summed E-state index contributed by atoms with van der Waals surface area (Å²) in [7, 11) is 0. The third-order valence-corrected chi connectivity index (χ3v) is 2.96. The fourth-order valence-electron chi connectivity index (χ4n) is 1.91. The minimum absolute atomic E-state index is 0.212. The van der Waals surface area contributed by atoms with Crippen molar-refractivity contribution < 1.29 is 9.18 Å². The number of carbonyl (C=O) groups excluding carboxylic acids is 1. The number of benzene rings is 2. The van der Waals surface area contributed by atoms with E-state index in [-0.39, 0.29) is 11.6 Å². The lowest BCUT2D eigenvalue weighted by Gasteiger charge is -2.11. The molecule has 0 saturated carbocycles. The Morgan fingerprint density at radius 1 is 1.16 bits per heavy atom. The molecule has 0 heterocycles. The van der Waals surface area contributed by atoms with E-state index in [1.807, 2.05) is 0 Å². The van der Waals surface area contributed by atoms with Crippen LogP contribution >= 0.6 is 0 Å². The smallest absolute Gasteiger partial charge is 0.256 e. The Morgan fingerprint density at radius 2 is 1.89 bits per heavy atom. The van der Waals surface area contributed by atoms with Crippen LogP contribution in [0.2, 0.25) is 0 Å².